The molecule has 1 fully saturated rings. The van der Waals surface area contributed by atoms with Gasteiger partial charge in [-0.25, -0.2) is 0 Å². The van der Waals surface area contributed by atoms with Crippen molar-refractivity contribution in [2.24, 2.45) is 0 Å². The van der Waals surface area contributed by atoms with Crippen LogP contribution in [-0.4, -0.2) is 50.3 Å². The Morgan fingerprint density at radius 2 is 2.25 bits per heavy atom. The first-order valence-corrected chi connectivity index (χ1v) is 6.19. The minimum atomic E-state index is -0.0559. The molecule has 1 atom stereocenters. The molecule has 1 heterocycles. The number of piperidine rings is 1. The number of carbonyl (C=O) groups is 1. The van der Waals surface area contributed by atoms with Gasteiger partial charge in [0.1, 0.15) is 6.04 Å². The molecule has 0 spiro atoms. The zero-order valence-electron chi connectivity index (χ0n) is 10.4. The van der Waals surface area contributed by atoms with Crippen LogP contribution < -0.4 is 0 Å². The monoisotopic (exact) mass is 229 g/mol. The van der Waals surface area contributed by atoms with Gasteiger partial charge in [0.2, 0.25) is 0 Å². The van der Waals surface area contributed by atoms with Crippen LogP contribution in [-0.2, 0) is 14.3 Å². The number of methoxy groups -OCH3 is 1. The van der Waals surface area contributed by atoms with Crippen molar-refractivity contribution in [3.8, 4) is 0 Å². The minimum Gasteiger partial charge on any atom is -0.465 e. The quantitative estimate of drug-likeness (QED) is 0.510. The van der Waals surface area contributed by atoms with E-state index in [0.717, 1.165) is 39.0 Å². The maximum atomic E-state index is 11.7. The molecule has 1 aliphatic rings. The molecule has 1 rings (SSSR count). The van der Waals surface area contributed by atoms with Crippen LogP contribution in [0.15, 0.2) is 0 Å². The third-order valence-corrected chi connectivity index (χ3v) is 2.97. The predicted molar refractivity (Wildman–Crippen MR) is 62.3 cm³/mol. The van der Waals surface area contributed by atoms with Crippen LogP contribution in [0.5, 0.6) is 0 Å². The van der Waals surface area contributed by atoms with E-state index in [1.807, 2.05) is 6.92 Å². The van der Waals surface area contributed by atoms with Gasteiger partial charge in [-0.2, -0.15) is 0 Å². The highest BCUT2D eigenvalue weighted by Gasteiger charge is 2.29. The SMILES string of the molecule is CCOC(=O)[C@H]1CCCCN1CCCOC. The second-order valence-corrected chi connectivity index (χ2v) is 4.15. The Morgan fingerprint density at radius 3 is 2.94 bits per heavy atom. The number of nitrogens with zero attached hydrogens (tertiary/aromatic N) is 1. The van der Waals surface area contributed by atoms with E-state index in [9.17, 15) is 4.79 Å². The fraction of sp³-hybridized carbons (Fsp3) is 0.917. The molecule has 1 aliphatic heterocycles. The third kappa shape index (κ3) is 4.10. The van der Waals surface area contributed by atoms with Gasteiger partial charge >= 0.3 is 5.97 Å². The molecule has 0 aromatic heterocycles. The average Bonchev–Trinajstić information content (AvgIpc) is 2.30. The van der Waals surface area contributed by atoms with Crippen LogP contribution in [0.3, 0.4) is 0 Å². The Hall–Kier alpha value is -0.610. The number of carbonyl (C=O) groups excluding carboxylic acids is 1. The summed E-state index contributed by atoms with van der Waals surface area (Å²) >= 11 is 0. The first-order chi connectivity index (χ1) is 7.79. The van der Waals surface area contributed by atoms with E-state index in [1.165, 1.54) is 6.42 Å². The maximum Gasteiger partial charge on any atom is 0.323 e. The summed E-state index contributed by atoms with van der Waals surface area (Å²) in [6.45, 7) is 5.02. The summed E-state index contributed by atoms with van der Waals surface area (Å²) in [5, 5.41) is 0. The van der Waals surface area contributed by atoms with E-state index in [0.29, 0.717) is 6.61 Å². The molecule has 94 valence electrons. The summed E-state index contributed by atoms with van der Waals surface area (Å²) in [6.07, 6.45) is 4.23. The van der Waals surface area contributed by atoms with Gasteiger partial charge in [-0.1, -0.05) is 6.42 Å². The lowest BCUT2D eigenvalue weighted by Gasteiger charge is -2.33. The van der Waals surface area contributed by atoms with Crippen molar-refractivity contribution in [2.75, 3.05) is 33.4 Å². The maximum absolute atomic E-state index is 11.7. The second kappa shape index (κ2) is 7.63. The zero-order valence-corrected chi connectivity index (χ0v) is 10.4. The normalized spacial score (nSPS) is 22.0. The van der Waals surface area contributed by atoms with Gasteiger partial charge in [0.15, 0.2) is 0 Å². The Bertz CT molecular complexity index is 208. The van der Waals surface area contributed by atoms with Crippen LogP contribution >= 0.6 is 0 Å². The molecule has 0 amide bonds. The van der Waals surface area contributed by atoms with Gasteiger partial charge in [0.25, 0.3) is 0 Å². The van der Waals surface area contributed by atoms with Gasteiger partial charge in [0, 0.05) is 20.3 Å². The van der Waals surface area contributed by atoms with Crippen molar-refractivity contribution < 1.29 is 14.3 Å². The van der Waals surface area contributed by atoms with Gasteiger partial charge in [-0.05, 0) is 32.7 Å². The number of ether oxygens (including phenoxy) is 2. The van der Waals surface area contributed by atoms with Gasteiger partial charge < -0.3 is 9.47 Å². The number of rotatable bonds is 6. The third-order valence-electron chi connectivity index (χ3n) is 2.97. The van der Waals surface area contributed by atoms with Gasteiger partial charge in [-0.15, -0.1) is 0 Å². The Kier molecular flexibility index (Phi) is 6.42. The molecule has 0 aromatic carbocycles. The lowest BCUT2D eigenvalue weighted by atomic mass is 10.0. The molecule has 0 radical (unpaired) electrons. The van der Waals surface area contributed by atoms with E-state index in [4.69, 9.17) is 9.47 Å². The van der Waals surface area contributed by atoms with E-state index < -0.39 is 0 Å². The highest BCUT2D eigenvalue weighted by Crippen LogP contribution is 2.18. The summed E-state index contributed by atoms with van der Waals surface area (Å²) in [4.78, 5) is 14.0. The van der Waals surface area contributed by atoms with Gasteiger partial charge in [-0.3, -0.25) is 9.69 Å². The van der Waals surface area contributed by atoms with E-state index in [1.54, 1.807) is 7.11 Å². The fourth-order valence-electron chi connectivity index (χ4n) is 2.18. The van der Waals surface area contributed by atoms with E-state index in [-0.39, 0.29) is 12.0 Å². The standard InChI is InChI=1S/C12H23NO3/c1-3-16-12(14)11-7-4-5-8-13(11)9-6-10-15-2/h11H,3-10H2,1-2H3/t11-/m1/s1. The van der Waals surface area contributed by atoms with Gasteiger partial charge in [0.05, 0.1) is 6.61 Å². The van der Waals surface area contributed by atoms with Crippen LogP contribution in [0.1, 0.15) is 32.6 Å². The first kappa shape index (κ1) is 13.5. The first-order valence-electron chi connectivity index (χ1n) is 6.19. The lowest BCUT2D eigenvalue weighted by Crippen LogP contribution is -2.46. The van der Waals surface area contributed by atoms with Crippen molar-refractivity contribution >= 4 is 5.97 Å². The summed E-state index contributed by atoms with van der Waals surface area (Å²) in [6, 6.07) is -0.0226. The zero-order chi connectivity index (χ0) is 11.8. The average molecular weight is 229 g/mol. The van der Waals surface area contributed by atoms with Crippen LogP contribution in [0.4, 0.5) is 0 Å². The number of hydrogen-bond donors (Lipinski definition) is 0. The molecule has 0 N–H and O–H groups in total. The largest absolute Gasteiger partial charge is 0.465 e. The van der Waals surface area contributed by atoms with E-state index in [2.05, 4.69) is 4.90 Å². The highest BCUT2D eigenvalue weighted by atomic mass is 16.5. The smallest absolute Gasteiger partial charge is 0.323 e. The van der Waals surface area contributed by atoms with Crippen LogP contribution in [0, 0.1) is 0 Å². The molecule has 4 nitrogen and oxygen atoms in total. The Morgan fingerprint density at radius 1 is 1.44 bits per heavy atom. The second-order valence-electron chi connectivity index (χ2n) is 4.15. The summed E-state index contributed by atoms with van der Waals surface area (Å²) in [7, 11) is 1.71. The van der Waals surface area contributed by atoms with Crippen LogP contribution in [0.25, 0.3) is 0 Å². The molecule has 16 heavy (non-hydrogen) atoms. The van der Waals surface area contributed by atoms with Crippen molar-refractivity contribution in [2.45, 2.75) is 38.6 Å². The van der Waals surface area contributed by atoms with Crippen molar-refractivity contribution in [3.63, 3.8) is 0 Å². The van der Waals surface area contributed by atoms with E-state index >= 15 is 0 Å². The number of esters is 1. The van der Waals surface area contributed by atoms with Crippen molar-refractivity contribution in [1.82, 2.24) is 4.90 Å². The van der Waals surface area contributed by atoms with Crippen molar-refractivity contribution in [3.05, 3.63) is 0 Å². The molecular weight excluding hydrogens is 206 g/mol. The fourth-order valence-corrected chi connectivity index (χ4v) is 2.18. The molecule has 0 saturated carbocycles. The molecule has 0 bridgehead atoms. The summed E-state index contributed by atoms with van der Waals surface area (Å²) < 4.78 is 10.1. The minimum absolute atomic E-state index is 0.0226. The molecule has 0 unspecified atom stereocenters. The highest BCUT2D eigenvalue weighted by molar-refractivity contribution is 5.75. The lowest BCUT2D eigenvalue weighted by molar-refractivity contribution is -0.151. The molecular formula is C12H23NO3. The Labute approximate surface area is 97.9 Å². The molecule has 0 aromatic rings. The molecule has 0 aliphatic carbocycles. The Balaban J connectivity index is 2.40. The molecule has 1 saturated heterocycles. The summed E-state index contributed by atoms with van der Waals surface area (Å²) in [5.74, 6) is -0.0559. The van der Waals surface area contributed by atoms with Crippen molar-refractivity contribution in [1.29, 1.82) is 0 Å². The summed E-state index contributed by atoms with van der Waals surface area (Å²) in [5.41, 5.74) is 0. The topological polar surface area (TPSA) is 38.8 Å². The number of hydrogen-bond acceptors (Lipinski definition) is 4. The van der Waals surface area contributed by atoms with Crippen LogP contribution in [0.2, 0.25) is 0 Å². The molecule has 4 heteroatoms. The predicted octanol–water partition coefficient (Wildman–Crippen LogP) is 1.44. The number of likely N-dealkylation sites (tertiary alicyclic amines) is 1.